The van der Waals surface area contributed by atoms with Gasteiger partial charge in [-0.25, -0.2) is 4.79 Å². The van der Waals surface area contributed by atoms with Crippen molar-refractivity contribution in [2.45, 2.75) is 6.18 Å². The van der Waals surface area contributed by atoms with E-state index in [9.17, 15) is 22.8 Å². The van der Waals surface area contributed by atoms with Gasteiger partial charge in [-0.05, 0) is 18.2 Å². The molecule has 0 spiro atoms. The SMILES string of the molecule is COC(=O)c1ccc(NC=O)cc1C(F)(F)F. The summed E-state index contributed by atoms with van der Waals surface area (Å²) in [4.78, 5) is 21.3. The second-order valence-corrected chi connectivity index (χ2v) is 3.01. The number of carbonyl (C=O) groups is 2. The van der Waals surface area contributed by atoms with Crippen molar-refractivity contribution in [2.75, 3.05) is 12.4 Å². The standard InChI is InChI=1S/C10H8F3NO3/c1-17-9(16)7-3-2-6(14-5-15)4-8(7)10(11,12)13/h2-5H,1H3,(H,14,15). The van der Waals surface area contributed by atoms with Crippen molar-refractivity contribution in [2.24, 2.45) is 0 Å². The summed E-state index contributed by atoms with van der Waals surface area (Å²) in [6, 6.07) is 2.79. The Morgan fingerprint density at radius 1 is 1.41 bits per heavy atom. The number of benzene rings is 1. The van der Waals surface area contributed by atoms with Gasteiger partial charge in [0, 0.05) is 5.69 Å². The molecule has 1 aromatic carbocycles. The Balaban J connectivity index is 3.31. The molecule has 0 radical (unpaired) electrons. The summed E-state index contributed by atoms with van der Waals surface area (Å²) in [6.07, 6.45) is -4.46. The number of alkyl halides is 3. The Labute approximate surface area is 94.4 Å². The van der Waals surface area contributed by atoms with Crippen LogP contribution in [0.15, 0.2) is 18.2 Å². The smallest absolute Gasteiger partial charge is 0.417 e. The van der Waals surface area contributed by atoms with Gasteiger partial charge in [-0.15, -0.1) is 0 Å². The van der Waals surface area contributed by atoms with Crippen LogP contribution in [-0.2, 0) is 15.7 Å². The molecular formula is C10H8F3NO3. The van der Waals surface area contributed by atoms with Gasteiger partial charge in [-0.2, -0.15) is 13.2 Å². The van der Waals surface area contributed by atoms with E-state index in [1.54, 1.807) is 0 Å². The zero-order valence-electron chi connectivity index (χ0n) is 8.67. The van der Waals surface area contributed by atoms with Crippen LogP contribution in [0.2, 0.25) is 0 Å². The molecule has 0 aromatic heterocycles. The fourth-order valence-corrected chi connectivity index (χ4v) is 1.22. The maximum Gasteiger partial charge on any atom is 0.417 e. The molecule has 0 aliphatic carbocycles. The van der Waals surface area contributed by atoms with Crippen LogP contribution in [-0.4, -0.2) is 19.5 Å². The number of ether oxygens (including phenoxy) is 1. The molecule has 0 aliphatic rings. The topological polar surface area (TPSA) is 55.4 Å². The lowest BCUT2D eigenvalue weighted by atomic mass is 10.1. The molecule has 1 aromatic rings. The van der Waals surface area contributed by atoms with Crippen LogP contribution in [0.5, 0.6) is 0 Å². The quantitative estimate of drug-likeness (QED) is 0.657. The highest BCUT2D eigenvalue weighted by Gasteiger charge is 2.35. The first-order valence-electron chi connectivity index (χ1n) is 4.40. The molecule has 1 amide bonds. The van der Waals surface area contributed by atoms with E-state index in [1.807, 2.05) is 0 Å². The van der Waals surface area contributed by atoms with Crippen molar-refractivity contribution in [1.82, 2.24) is 0 Å². The summed E-state index contributed by atoms with van der Waals surface area (Å²) >= 11 is 0. The highest BCUT2D eigenvalue weighted by Crippen LogP contribution is 2.34. The van der Waals surface area contributed by atoms with Crippen molar-refractivity contribution in [3.05, 3.63) is 29.3 Å². The molecule has 1 rings (SSSR count). The van der Waals surface area contributed by atoms with E-state index in [4.69, 9.17) is 0 Å². The van der Waals surface area contributed by atoms with E-state index in [-0.39, 0.29) is 12.1 Å². The zero-order valence-corrected chi connectivity index (χ0v) is 8.67. The number of methoxy groups -OCH3 is 1. The van der Waals surface area contributed by atoms with Gasteiger partial charge in [0.05, 0.1) is 18.2 Å². The van der Waals surface area contributed by atoms with E-state index < -0.39 is 23.3 Å². The normalized spacial score (nSPS) is 10.8. The van der Waals surface area contributed by atoms with Crippen LogP contribution in [0.25, 0.3) is 0 Å². The summed E-state index contributed by atoms with van der Waals surface area (Å²) in [6.45, 7) is 0. The molecule has 0 saturated heterocycles. The van der Waals surface area contributed by atoms with E-state index in [2.05, 4.69) is 10.1 Å². The van der Waals surface area contributed by atoms with Gasteiger partial charge >= 0.3 is 12.1 Å². The molecule has 0 heterocycles. The Morgan fingerprint density at radius 2 is 2.06 bits per heavy atom. The van der Waals surface area contributed by atoms with Gasteiger partial charge in [-0.3, -0.25) is 4.79 Å². The van der Waals surface area contributed by atoms with Crippen LogP contribution >= 0.6 is 0 Å². The molecule has 0 aliphatic heterocycles. The summed E-state index contributed by atoms with van der Waals surface area (Å²) in [5, 5.41) is 2.07. The lowest BCUT2D eigenvalue weighted by Gasteiger charge is -2.12. The molecule has 4 nitrogen and oxygen atoms in total. The lowest BCUT2D eigenvalue weighted by Crippen LogP contribution is -2.14. The first-order chi connectivity index (χ1) is 7.90. The molecule has 17 heavy (non-hydrogen) atoms. The third kappa shape index (κ3) is 2.96. The minimum absolute atomic E-state index is 0.0556. The predicted octanol–water partition coefficient (Wildman–Crippen LogP) is 2.06. The van der Waals surface area contributed by atoms with Crippen LogP contribution in [0.3, 0.4) is 0 Å². The molecule has 0 bridgehead atoms. The molecular weight excluding hydrogens is 239 g/mol. The minimum atomic E-state index is -4.70. The molecule has 1 N–H and O–H groups in total. The van der Waals surface area contributed by atoms with Crippen LogP contribution in [0.4, 0.5) is 18.9 Å². The maximum absolute atomic E-state index is 12.6. The summed E-state index contributed by atoms with van der Waals surface area (Å²) in [7, 11) is 0.986. The molecule has 0 unspecified atom stereocenters. The Hall–Kier alpha value is -2.05. The number of amides is 1. The largest absolute Gasteiger partial charge is 0.465 e. The number of esters is 1. The monoisotopic (exact) mass is 247 g/mol. The fraction of sp³-hybridized carbons (Fsp3) is 0.200. The van der Waals surface area contributed by atoms with E-state index in [0.717, 1.165) is 13.2 Å². The number of rotatable bonds is 3. The van der Waals surface area contributed by atoms with Gasteiger partial charge in [-0.1, -0.05) is 0 Å². The van der Waals surface area contributed by atoms with Gasteiger partial charge in [0.2, 0.25) is 6.41 Å². The van der Waals surface area contributed by atoms with Crippen molar-refractivity contribution < 1.29 is 27.5 Å². The number of nitrogens with one attached hydrogen (secondary N) is 1. The first-order valence-corrected chi connectivity index (χ1v) is 4.40. The van der Waals surface area contributed by atoms with Crippen molar-refractivity contribution in [3.63, 3.8) is 0 Å². The second kappa shape index (κ2) is 4.86. The number of hydrogen-bond acceptors (Lipinski definition) is 3. The average Bonchev–Trinajstić information content (AvgIpc) is 2.27. The molecule has 92 valence electrons. The van der Waals surface area contributed by atoms with Gasteiger partial charge in [0.1, 0.15) is 0 Å². The predicted molar refractivity (Wildman–Crippen MR) is 52.5 cm³/mol. The first kappa shape index (κ1) is 13.0. The third-order valence-corrected chi connectivity index (χ3v) is 1.96. The lowest BCUT2D eigenvalue weighted by molar-refractivity contribution is -0.138. The third-order valence-electron chi connectivity index (χ3n) is 1.96. The van der Waals surface area contributed by atoms with E-state index in [0.29, 0.717) is 6.07 Å². The van der Waals surface area contributed by atoms with E-state index in [1.165, 1.54) is 6.07 Å². The van der Waals surface area contributed by atoms with Gasteiger partial charge in [0.15, 0.2) is 0 Å². The summed E-state index contributed by atoms with van der Waals surface area (Å²) in [5.41, 5.74) is -1.81. The summed E-state index contributed by atoms with van der Waals surface area (Å²) in [5.74, 6) is -1.09. The fourth-order valence-electron chi connectivity index (χ4n) is 1.22. The van der Waals surface area contributed by atoms with E-state index >= 15 is 0 Å². The highest BCUT2D eigenvalue weighted by atomic mass is 19.4. The molecule has 0 saturated carbocycles. The van der Waals surface area contributed by atoms with Gasteiger partial charge < -0.3 is 10.1 Å². The second-order valence-electron chi connectivity index (χ2n) is 3.01. The number of carbonyl (C=O) groups excluding carboxylic acids is 2. The maximum atomic E-state index is 12.6. The van der Waals surface area contributed by atoms with Crippen LogP contribution in [0, 0.1) is 0 Å². The van der Waals surface area contributed by atoms with Crippen molar-refractivity contribution in [3.8, 4) is 0 Å². The Kier molecular flexibility index (Phi) is 3.72. The Bertz CT molecular complexity index is 443. The highest BCUT2D eigenvalue weighted by molar-refractivity contribution is 5.92. The van der Waals surface area contributed by atoms with Crippen molar-refractivity contribution >= 4 is 18.1 Å². The Morgan fingerprint density at radius 3 is 2.53 bits per heavy atom. The number of halogens is 3. The minimum Gasteiger partial charge on any atom is -0.465 e. The van der Waals surface area contributed by atoms with Gasteiger partial charge in [0.25, 0.3) is 0 Å². The number of anilines is 1. The van der Waals surface area contributed by atoms with Crippen molar-refractivity contribution in [1.29, 1.82) is 0 Å². The molecule has 0 atom stereocenters. The molecule has 0 fully saturated rings. The molecule has 7 heteroatoms. The van der Waals surface area contributed by atoms with Crippen LogP contribution in [0.1, 0.15) is 15.9 Å². The van der Waals surface area contributed by atoms with Crippen LogP contribution < -0.4 is 5.32 Å². The average molecular weight is 247 g/mol. The number of hydrogen-bond donors (Lipinski definition) is 1. The summed E-state index contributed by atoms with van der Waals surface area (Å²) < 4.78 is 42.2. The zero-order chi connectivity index (χ0) is 13.1.